The Kier molecular flexibility index (Phi) is 6.71. The molecule has 0 spiro atoms. The van der Waals surface area contributed by atoms with E-state index in [2.05, 4.69) is 23.3 Å². The van der Waals surface area contributed by atoms with Crippen LogP contribution in [0.4, 0.5) is 11.4 Å². The third-order valence-corrected chi connectivity index (χ3v) is 7.89. The minimum absolute atomic E-state index is 0.156. The van der Waals surface area contributed by atoms with Crippen molar-refractivity contribution in [1.82, 2.24) is 0 Å². The Morgan fingerprint density at radius 3 is 1.45 bits per heavy atom. The van der Waals surface area contributed by atoms with E-state index in [1.807, 2.05) is 19.1 Å². The van der Waals surface area contributed by atoms with Crippen molar-refractivity contribution in [1.29, 1.82) is 0 Å². The van der Waals surface area contributed by atoms with E-state index in [4.69, 9.17) is 0 Å². The van der Waals surface area contributed by atoms with Crippen LogP contribution in [0.5, 0.6) is 0 Å². The Hall–Kier alpha value is -2.84. The fraction of sp³-hybridized carbons (Fsp3) is 0.217. The van der Waals surface area contributed by atoms with Crippen LogP contribution in [0.15, 0.2) is 82.6 Å². The van der Waals surface area contributed by atoms with Gasteiger partial charge in [0, 0.05) is 11.4 Å². The van der Waals surface area contributed by atoms with Gasteiger partial charge in [-0.3, -0.25) is 9.44 Å². The number of benzene rings is 3. The third-order valence-electron chi connectivity index (χ3n) is 5.09. The first kappa shape index (κ1) is 22.8. The summed E-state index contributed by atoms with van der Waals surface area (Å²) in [7, 11) is -7.47. The lowest BCUT2D eigenvalue weighted by atomic mass is 9.99. The monoisotopic (exact) mass is 458 g/mol. The first-order chi connectivity index (χ1) is 14.6. The van der Waals surface area contributed by atoms with Crippen molar-refractivity contribution in [2.24, 2.45) is 0 Å². The second-order valence-electron chi connectivity index (χ2n) is 7.48. The summed E-state index contributed by atoms with van der Waals surface area (Å²) >= 11 is 0. The van der Waals surface area contributed by atoms with Crippen molar-refractivity contribution >= 4 is 31.4 Å². The summed E-state index contributed by atoms with van der Waals surface area (Å²) in [6.45, 7) is 6.06. The molecule has 0 saturated heterocycles. The van der Waals surface area contributed by atoms with Crippen LogP contribution in [0.1, 0.15) is 37.3 Å². The molecule has 0 bridgehead atoms. The smallest absolute Gasteiger partial charge is 0.261 e. The average Bonchev–Trinajstić information content (AvgIpc) is 2.74. The second-order valence-corrected chi connectivity index (χ2v) is 10.8. The highest BCUT2D eigenvalue weighted by molar-refractivity contribution is 7.93. The van der Waals surface area contributed by atoms with Crippen LogP contribution in [-0.4, -0.2) is 16.8 Å². The molecule has 0 saturated carbocycles. The molecule has 0 radical (unpaired) electrons. The molecule has 0 aromatic heterocycles. The molecular weight excluding hydrogens is 432 g/mol. The van der Waals surface area contributed by atoms with E-state index >= 15 is 0 Å². The minimum Gasteiger partial charge on any atom is -0.280 e. The van der Waals surface area contributed by atoms with E-state index in [0.29, 0.717) is 17.3 Å². The van der Waals surface area contributed by atoms with E-state index < -0.39 is 20.0 Å². The van der Waals surface area contributed by atoms with Gasteiger partial charge in [-0.15, -0.1) is 0 Å². The summed E-state index contributed by atoms with van der Waals surface area (Å²) in [4.78, 5) is 0.326. The molecule has 3 aromatic rings. The van der Waals surface area contributed by atoms with Crippen LogP contribution in [0.3, 0.4) is 0 Å². The first-order valence-corrected chi connectivity index (χ1v) is 12.9. The zero-order valence-corrected chi connectivity index (χ0v) is 19.3. The Labute approximate surface area is 184 Å². The summed E-state index contributed by atoms with van der Waals surface area (Å²) < 4.78 is 55.3. The fourth-order valence-corrected chi connectivity index (χ4v) is 5.08. The summed E-state index contributed by atoms with van der Waals surface area (Å²) in [5.74, 6) is 0.362. The van der Waals surface area contributed by atoms with Crippen LogP contribution >= 0.6 is 0 Å². The van der Waals surface area contributed by atoms with Gasteiger partial charge in [0.15, 0.2) is 0 Å². The number of rotatable bonds is 8. The number of hydrogen-bond acceptors (Lipinski definition) is 4. The van der Waals surface area contributed by atoms with Gasteiger partial charge < -0.3 is 0 Å². The molecule has 2 N–H and O–H groups in total. The largest absolute Gasteiger partial charge is 0.280 e. The Balaban J connectivity index is 1.72. The van der Waals surface area contributed by atoms with E-state index in [0.717, 1.165) is 17.5 Å². The Bertz CT molecular complexity index is 1230. The zero-order chi connectivity index (χ0) is 22.6. The molecule has 0 aliphatic heterocycles. The molecule has 164 valence electrons. The molecule has 0 aliphatic carbocycles. The van der Waals surface area contributed by atoms with Gasteiger partial charge in [-0.1, -0.05) is 43.7 Å². The van der Waals surface area contributed by atoms with Crippen molar-refractivity contribution < 1.29 is 16.8 Å². The van der Waals surface area contributed by atoms with Gasteiger partial charge in [0.2, 0.25) is 0 Å². The maximum absolute atomic E-state index is 12.7. The predicted octanol–water partition coefficient (Wildman–Crippen LogP) is 5.11. The number of hydrogen-bond donors (Lipinski definition) is 2. The number of sulfonamides is 2. The predicted molar refractivity (Wildman–Crippen MR) is 124 cm³/mol. The molecule has 3 rings (SSSR count). The van der Waals surface area contributed by atoms with Gasteiger partial charge in [-0.25, -0.2) is 16.8 Å². The quantitative estimate of drug-likeness (QED) is 0.491. The molecule has 0 aliphatic rings. The van der Waals surface area contributed by atoms with E-state index in [9.17, 15) is 16.8 Å². The van der Waals surface area contributed by atoms with E-state index in [-0.39, 0.29) is 9.79 Å². The fourth-order valence-electron chi connectivity index (χ4n) is 2.96. The molecule has 1 unspecified atom stereocenters. The van der Waals surface area contributed by atoms with Crippen LogP contribution in [0, 0.1) is 6.92 Å². The highest BCUT2D eigenvalue weighted by atomic mass is 32.2. The SMILES string of the molecule is CCC(C)c1ccc(S(=O)(=O)Nc2ccc(NS(=O)(=O)c3ccc(C)cc3)cc2)cc1. The van der Waals surface area contributed by atoms with Crippen molar-refractivity contribution in [3.8, 4) is 0 Å². The maximum atomic E-state index is 12.7. The van der Waals surface area contributed by atoms with Gasteiger partial charge >= 0.3 is 0 Å². The summed E-state index contributed by atoms with van der Waals surface area (Å²) in [5, 5.41) is 0. The zero-order valence-electron chi connectivity index (χ0n) is 17.7. The normalized spacial score (nSPS) is 12.9. The van der Waals surface area contributed by atoms with Crippen molar-refractivity contribution in [3.63, 3.8) is 0 Å². The van der Waals surface area contributed by atoms with Crippen LogP contribution in [0.25, 0.3) is 0 Å². The molecule has 0 heterocycles. The van der Waals surface area contributed by atoms with Crippen LogP contribution in [0.2, 0.25) is 0 Å². The molecule has 6 nitrogen and oxygen atoms in total. The van der Waals surface area contributed by atoms with Crippen LogP contribution in [-0.2, 0) is 20.0 Å². The van der Waals surface area contributed by atoms with Gasteiger partial charge in [-0.2, -0.15) is 0 Å². The topological polar surface area (TPSA) is 92.3 Å². The van der Waals surface area contributed by atoms with Gasteiger partial charge in [-0.05, 0) is 73.4 Å². The average molecular weight is 459 g/mol. The third kappa shape index (κ3) is 5.65. The van der Waals surface area contributed by atoms with Gasteiger partial charge in [0.1, 0.15) is 0 Å². The molecule has 31 heavy (non-hydrogen) atoms. The molecule has 8 heteroatoms. The van der Waals surface area contributed by atoms with Crippen LogP contribution < -0.4 is 9.44 Å². The van der Waals surface area contributed by atoms with Crippen molar-refractivity contribution in [2.75, 3.05) is 9.44 Å². The highest BCUT2D eigenvalue weighted by Crippen LogP contribution is 2.23. The van der Waals surface area contributed by atoms with E-state index in [1.54, 1.807) is 24.3 Å². The van der Waals surface area contributed by atoms with Gasteiger partial charge in [0.05, 0.1) is 9.79 Å². The lowest BCUT2D eigenvalue weighted by molar-refractivity contribution is 0.599. The second kappa shape index (κ2) is 9.11. The lowest BCUT2D eigenvalue weighted by Gasteiger charge is -2.12. The van der Waals surface area contributed by atoms with E-state index in [1.165, 1.54) is 36.4 Å². The summed E-state index contributed by atoms with van der Waals surface area (Å²) in [6, 6.07) is 19.4. The number of anilines is 2. The summed E-state index contributed by atoms with van der Waals surface area (Å²) in [6.07, 6.45) is 0.977. The molecular formula is C23H26N2O4S2. The molecule has 0 amide bonds. The minimum atomic E-state index is -3.75. The highest BCUT2D eigenvalue weighted by Gasteiger charge is 2.16. The maximum Gasteiger partial charge on any atom is 0.261 e. The molecule has 0 fully saturated rings. The van der Waals surface area contributed by atoms with Crippen molar-refractivity contribution in [2.45, 2.75) is 42.9 Å². The molecule has 1 atom stereocenters. The first-order valence-electron chi connectivity index (χ1n) is 9.93. The number of aryl methyl sites for hydroxylation is 1. The molecule has 3 aromatic carbocycles. The standard InChI is InChI=1S/C23H26N2O4S2/c1-4-18(3)19-7-15-23(16-8-19)31(28,29)25-21-11-9-20(10-12-21)24-30(26,27)22-13-5-17(2)6-14-22/h5-16,18,24-25H,4H2,1-3H3. The van der Waals surface area contributed by atoms with Crippen molar-refractivity contribution in [3.05, 3.63) is 83.9 Å². The Morgan fingerprint density at radius 2 is 1.06 bits per heavy atom. The number of nitrogens with one attached hydrogen (secondary N) is 2. The summed E-state index contributed by atoms with van der Waals surface area (Å²) in [5.41, 5.74) is 2.72. The Morgan fingerprint density at radius 1 is 0.677 bits per heavy atom. The lowest BCUT2D eigenvalue weighted by Crippen LogP contribution is -2.14. The van der Waals surface area contributed by atoms with Gasteiger partial charge in [0.25, 0.3) is 20.0 Å².